The first-order valence-corrected chi connectivity index (χ1v) is 7.41. The lowest BCUT2D eigenvalue weighted by atomic mass is 10.1. The van der Waals surface area contributed by atoms with Crippen molar-refractivity contribution in [2.75, 3.05) is 6.26 Å². The fourth-order valence-corrected chi connectivity index (χ4v) is 2.15. The molecule has 100 valence electrons. The van der Waals surface area contributed by atoms with Crippen molar-refractivity contribution >= 4 is 15.7 Å². The van der Waals surface area contributed by atoms with Crippen molar-refractivity contribution in [1.82, 2.24) is 9.78 Å². The number of nitrogens with zero attached hydrogens (tertiary/aromatic N) is 2. The zero-order valence-electron chi connectivity index (χ0n) is 10.4. The lowest BCUT2D eigenvalue weighted by Crippen LogP contribution is -2.11. The van der Waals surface area contributed by atoms with E-state index in [1.54, 1.807) is 16.8 Å². The molecule has 0 amide bonds. The third-order valence-electron chi connectivity index (χ3n) is 2.65. The quantitative estimate of drug-likeness (QED) is 0.632. The van der Waals surface area contributed by atoms with Crippen LogP contribution in [0.1, 0.15) is 11.1 Å². The Morgan fingerprint density at radius 3 is 2.47 bits per heavy atom. The molecule has 0 spiro atoms. The number of aromatic nitrogens is 2. The van der Waals surface area contributed by atoms with E-state index in [0.29, 0.717) is 12.1 Å². The first-order chi connectivity index (χ1) is 8.86. The molecule has 0 fully saturated rings. The lowest BCUT2D eigenvalue weighted by molar-refractivity contribution is 0.601. The lowest BCUT2D eigenvalue weighted by Gasteiger charge is -2.03. The van der Waals surface area contributed by atoms with E-state index < -0.39 is 9.84 Å². The van der Waals surface area contributed by atoms with Crippen LogP contribution in [0.2, 0.25) is 0 Å². The maximum atomic E-state index is 11.3. The molecule has 6 nitrogen and oxygen atoms in total. The minimum atomic E-state index is -3.22. The molecular weight excluding hydrogens is 264 g/mol. The number of benzene rings is 1. The minimum Gasteiger partial charge on any atom is -0.384 e. The molecule has 0 saturated heterocycles. The van der Waals surface area contributed by atoms with E-state index in [0.717, 1.165) is 11.8 Å². The smallest absolute Gasteiger partial charge is 0.178 e. The fraction of sp³-hybridized carbons (Fsp3) is 0.167. The largest absolute Gasteiger partial charge is 0.384 e. The van der Waals surface area contributed by atoms with Crippen LogP contribution < -0.4 is 5.73 Å². The second-order valence-corrected chi connectivity index (χ2v) is 6.27. The zero-order valence-corrected chi connectivity index (χ0v) is 11.2. The van der Waals surface area contributed by atoms with Crippen LogP contribution in [-0.4, -0.2) is 30.3 Å². The number of rotatable bonds is 4. The molecule has 0 unspecified atom stereocenters. The maximum absolute atomic E-state index is 11.3. The highest BCUT2D eigenvalue weighted by Crippen LogP contribution is 2.09. The van der Waals surface area contributed by atoms with Crippen LogP contribution in [0.15, 0.2) is 41.6 Å². The molecule has 19 heavy (non-hydrogen) atoms. The van der Waals surface area contributed by atoms with Gasteiger partial charge < -0.3 is 5.73 Å². The van der Waals surface area contributed by atoms with Gasteiger partial charge in [0.1, 0.15) is 10.7 Å². The van der Waals surface area contributed by atoms with Gasteiger partial charge in [-0.05, 0) is 5.56 Å². The molecule has 0 aliphatic carbocycles. The molecule has 0 radical (unpaired) electrons. The predicted octanol–water partition coefficient (Wildman–Crippen LogP) is 0.619. The third-order valence-corrected chi connectivity index (χ3v) is 3.71. The molecule has 2 aromatic rings. The van der Waals surface area contributed by atoms with E-state index in [2.05, 4.69) is 5.10 Å². The van der Waals surface area contributed by atoms with E-state index in [4.69, 9.17) is 11.1 Å². The Labute approximate surface area is 111 Å². The second kappa shape index (κ2) is 4.85. The maximum Gasteiger partial charge on any atom is 0.178 e. The Hall–Kier alpha value is -2.15. The van der Waals surface area contributed by atoms with Crippen LogP contribution in [0.3, 0.4) is 0 Å². The Bertz CT molecular complexity index is 702. The summed E-state index contributed by atoms with van der Waals surface area (Å²) in [5.74, 6) is 0.0185. The van der Waals surface area contributed by atoms with Gasteiger partial charge in [-0.15, -0.1) is 0 Å². The molecule has 3 N–H and O–H groups in total. The van der Waals surface area contributed by atoms with Crippen molar-refractivity contribution in [3.05, 3.63) is 47.8 Å². The number of hydrogen-bond acceptors (Lipinski definition) is 4. The highest BCUT2D eigenvalue weighted by molar-refractivity contribution is 7.90. The third kappa shape index (κ3) is 3.19. The first kappa shape index (κ1) is 13.3. The highest BCUT2D eigenvalue weighted by atomic mass is 32.2. The molecule has 0 bridgehead atoms. The topological polar surface area (TPSA) is 102 Å². The van der Waals surface area contributed by atoms with Crippen LogP contribution in [0, 0.1) is 5.41 Å². The summed E-state index contributed by atoms with van der Waals surface area (Å²) in [7, 11) is -3.22. The average molecular weight is 278 g/mol. The number of nitrogens with one attached hydrogen (secondary N) is 1. The van der Waals surface area contributed by atoms with Gasteiger partial charge in [0.2, 0.25) is 0 Å². The van der Waals surface area contributed by atoms with Gasteiger partial charge >= 0.3 is 0 Å². The average Bonchev–Trinajstić information content (AvgIpc) is 2.78. The zero-order chi connectivity index (χ0) is 14.0. The number of hydrogen-bond donors (Lipinski definition) is 2. The summed E-state index contributed by atoms with van der Waals surface area (Å²) >= 11 is 0. The molecule has 7 heteroatoms. The van der Waals surface area contributed by atoms with Crippen molar-refractivity contribution in [3.63, 3.8) is 0 Å². The standard InChI is InChI=1S/C12H14N4O2S/c1-19(17,18)11-6-15-16(8-11)7-9-2-4-10(5-3-9)12(13)14/h2-6,8H,7H2,1H3,(H3,13,14). The molecule has 1 heterocycles. The Kier molecular flexibility index (Phi) is 3.39. The van der Waals surface area contributed by atoms with Gasteiger partial charge in [-0.2, -0.15) is 5.10 Å². The van der Waals surface area contributed by atoms with Crippen molar-refractivity contribution < 1.29 is 8.42 Å². The molecule has 0 aliphatic heterocycles. The number of nitrogens with two attached hydrogens (primary N) is 1. The predicted molar refractivity (Wildman–Crippen MR) is 71.9 cm³/mol. The summed E-state index contributed by atoms with van der Waals surface area (Å²) in [5.41, 5.74) is 6.97. The minimum absolute atomic E-state index is 0.0185. The van der Waals surface area contributed by atoms with Crippen LogP contribution in [0.5, 0.6) is 0 Å². The normalized spacial score (nSPS) is 11.4. The summed E-state index contributed by atoms with van der Waals surface area (Å²) in [4.78, 5) is 0.202. The van der Waals surface area contributed by atoms with Gasteiger partial charge in [0.05, 0.1) is 12.7 Å². The number of amidine groups is 1. The van der Waals surface area contributed by atoms with Gasteiger partial charge in [0, 0.05) is 18.0 Å². The second-order valence-electron chi connectivity index (χ2n) is 4.26. The molecule has 1 aromatic heterocycles. The first-order valence-electron chi connectivity index (χ1n) is 5.52. The van der Waals surface area contributed by atoms with E-state index >= 15 is 0 Å². The Morgan fingerprint density at radius 2 is 2.00 bits per heavy atom. The summed E-state index contributed by atoms with van der Waals surface area (Å²) in [6, 6.07) is 7.16. The van der Waals surface area contributed by atoms with E-state index in [-0.39, 0.29) is 10.7 Å². The van der Waals surface area contributed by atoms with Gasteiger partial charge in [-0.3, -0.25) is 10.1 Å². The van der Waals surface area contributed by atoms with E-state index in [9.17, 15) is 8.42 Å². The van der Waals surface area contributed by atoms with Crippen LogP contribution in [-0.2, 0) is 16.4 Å². The summed E-state index contributed by atoms with van der Waals surface area (Å²) < 4.78 is 24.2. The molecule has 0 aliphatic rings. The SMILES string of the molecule is CS(=O)(=O)c1cnn(Cc2ccc(C(=N)N)cc2)c1. The molecular formula is C12H14N4O2S. The Balaban J connectivity index is 2.17. The van der Waals surface area contributed by atoms with E-state index in [1.807, 2.05) is 12.1 Å². The highest BCUT2D eigenvalue weighted by Gasteiger charge is 2.09. The molecule has 1 aromatic carbocycles. The molecule has 2 rings (SSSR count). The van der Waals surface area contributed by atoms with Crippen LogP contribution in [0.4, 0.5) is 0 Å². The molecule has 0 atom stereocenters. The van der Waals surface area contributed by atoms with Crippen molar-refractivity contribution in [1.29, 1.82) is 5.41 Å². The summed E-state index contributed by atoms with van der Waals surface area (Å²) in [6.45, 7) is 0.466. The van der Waals surface area contributed by atoms with Gasteiger partial charge in [0.25, 0.3) is 0 Å². The van der Waals surface area contributed by atoms with Crippen molar-refractivity contribution in [3.8, 4) is 0 Å². The monoisotopic (exact) mass is 278 g/mol. The van der Waals surface area contributed by atoms with Crippen LogP contribution >= 0.6 is 0 Å². The van der Waals surface area contributed by atoms with Crippen molar-refractivity contribution in [2.24, 2.45) is 5.73 Å². The number of sulfone groups is 1. The fourth-order valence-electron chi connectivity index (χ4n) is 1.60. The molecule has 0 saturated carbocycles. The summed E-state index contributed by atoms with van der Waals surface area (Å²) in [5, 5.41) is 11.3. The number of nitrogen functional groups attached to an aromatic ring is 1. The van der Waals surface area contributed by atoms with E-state index in [1.165, 1.54) is 12.4 Å². The van der Waals surface area contributed by atoms with Crippen molar-refractivity contribution in [2.45, 2.75) is 11.4 Å². The summed E-state index contributed by atoms with van der Waals surface area (Å²) in [6.07, 6.45) is 3.98. The Morgan fingerprint density at radius 1 is 1.37 bits per heavy atom. The van der Waals surface area contributed by atoms with Gasteiger partial charge in [0.15, 0.2) is 9.84 Å². The van der Waals surface area contributed by atoms with Crippen LogP contribution in [0.25, 0.3) is 0 Å². The van der Waals surface area contributed by atoms with Gasteiger partial charge in [-0.1, -0.05) is 24.3 Å². The van der Waals surface area contributed by atoms with Gasteiger partial charge in [-0.25, -0.2) is 8.42 Å².